The van der Waals surface area contributed by atoms with Gasteiger partial charge in [0.25, 0.3) is 0 Å². The fraction of sp³-hybridized carbons (Fsp3) is 0.350. The number of dihydropyridines is 1. The summed E-state index contributed by atoms with van der Waals surface area (Å²) in [6.45, 7) is 4.31. The molecule has 0 fully saturated rings. The number of rotatable bonds is 3. The summed E-state index contributed by atoms with van der Waals surface area (Å²) in [7, 11) is 0. The van der Waals surface area contributed by atoms with E-state index < -0.39 is 0 Å². The van der Waals surface area contributed by atoms with E-state index in [1.54, 1.807) is 0 Å². The van der Waals surface area contributed by atoms with Gasteiger partial charge in [-0.15, -0.1) is 0 Å². The maximum absolute atomic E-state index is 12.8. The predicted octanol–water partition coefficient (Wildman–Crippen LogP) is 3.40. The summed E-state index contributed by atoms with van der Waals surface area (Å²) >= 11 is 3.47. The van der Waals surface area contributed by atoms with Gasteiger partial charge in [-0.2, -0.15) is 5.10 Å². The molecule has 1 amide bonds. The van der Waals surface area contributed by atoms with E-state index in [0.29, 0.717) is 18.9 Å². The number of H-pyrrole nitrogens is 1. The first-order chi connectivity index (χ1) is 12.6. The molecule has 0 saturated heterocycles. The van der Waals surface area contributed by atoms with E-state index in [2.05, 4.69) is 38.0 Å². The van der Waals surface area contributed by atoms with Crippen molar-refractivity contribution >= 4 is 33.6 Å². The molecule has 0 radical (unpaired) electrons. The molecule has 2 aromatic rings. The number of nitrogens with one attached hydrogen (secondary N) is 1. The summed E-state index contributed by atoms with van der Waals surface area (Å²) in [5.74, 6) is 0.508. The second-order valence-electron chi connectivity index (χ2n) is 6.94. The molecule has 1 aromatic heterocycles. The molecule has 1 N–H and O–H groups in total. The third-order valence-corrected chi connectivity index (χ3v) is 5.57. The highest BCUT2D eigenvalue weighted by Gasteiger charge is 2.28. The minimum Gasteiger partial charge on any atom is -0.338 e. The van der Waals surface area contributed by atoms with Crippen LogP contribution in [0.3, 0.4) is 0 Å². The zero-order valence-electron chi connectivity index (χ0n) is 14.7. The quantitative estimate of drug-likeness (QED) is 0.839. The SMILES string of the molecule is CC1CN=CC=C1c1n[nH]c2c1CN(C(=O)Cc1cccc(Br)c1)CC2. The van der Waals surface area contributed by atoms with Crippen molar-refractivity contribution in [3.63, 3.8) is 0 Å². The van der Waals surface area contributed by atoms with Gasteiger partial charge in [0.15, 0.2) is 0 Å². The maximum Gasteiger partial charge on any atom is 0.227 e. The van der Waals surface area contributed by atoms with E-state index in [4.69, 9.17) is 0 Å². The first-order valence-electron chi connectivity index (χ1n) is 8.90. The van der Waals surface area contributed by atoms with Crippen LogP contribution in [0.15, 0.2) is 39.8 Å². The van der Waals surface area contributed by atoms with Crippen LogP contribution in [-0.2, 0) is 24.2 Å². The molecular weight excluding hydrogens is 392 g/mol. The molecule has 0 bridgehead atoms. The molecule has 26 heavy (non-hydrogen) atoms. The standard InChI is InChI=1S/C20H21BrN4O/c1-13-11-22-7-5-16(13)20-17-12-25(8-6-18(17)23-24-20)19(26)10-14-3-2-4-15(21)9-14/h2-5,7,9,13H,6,8,10-12H2,1H3,(H,23,24). The summed E-state index contributed by atoms with van der Waals surface area (Å²) in [6.07, 6.45) is 5.15. The Morgan fingerprint density at radius 3 is 3.12 bits per heavy atom. The van der Waals surface area contributed by atoms with Crippen molar-refractivity contribution in [2.75, 3.05) is 13.1 Å². The van der Waals surface area contributed by atoms with E-state index in [-0.39, 0.29) is 5.91 Å². The van der Waals surface area contributed by atoms with Gasteiger partial charge >= 0.3 is 0 Å². The topological polar surface area (TPSA) is 61.4 Å². The Morgan fingerprint density at radius 2 is 2.31 bits per heavy atom. The third-order valence-electron chi connectivity index (χ3n) is 5.07. The van der Waals surface area contributed by atoms with Gasteiger partial charge in [0.05, 0.1) is 12.1 Å². The lowest BCUT2D eigenvalue weighted by Gasteiger charge is -2.28. The second kappa shape index (κ2) is 7.19. The van der Waals surface area contributed by atoms with Crippen molar-refractivity contribution in [1.82, 2.24) is 15.1 Å². The minimum absolute atomic E-state index is 0.160. The largest absolute Gasteiger partial charge is 0.338 e. The first-order valence-corrected chi connectivity index (χ1v) is 9.70. The molecule has 134 valence electrons. The number of aromatic amines is 1. The van der Waals surface area contributed by atoms with Crippen LogP contribution in [0.4, 0.5) is 0 Å². The molecule has 5 nitrogen and oxygen atoms in total. The summed E-state index contributed by atoms with van der Waals surface area (Å²) in [6, 6.07) is 7.94. The van der Waals surface area contributed by atoms with Gasteiger partial charge in [0, 0.05) is 53.9 Å². The number of aromatic nitrogens is 2. The van der Waals surface area contributed by atoms with Gasteiger partial charge in [-0.25, -0.2) is 0 Å². The number of benzene rings is 1. The monoisotopic (exact) mass is 412 g/mol. The molecule has 6 heteroatoms. The Labute approximate surface area is 161 Å². The van der Waals surface area contributed by atoms with Gasteiger partial charge in [0.1, 0.15) is 0 Å². The molecule has 0 aliphatic carbocycles. The van der Waals surface area contributed by atoms with Gasteiger partial charge in [0.2, 0.25) is 5.91 Å². The number of fused-ring (bicyclic) bond motifs is 1. The van der Waals surface area contributed by atoms with Gasteiger partial charge in [-0.3, -0.25) is 14.9 Å². The van der Waals surface area contributed by atoms with Crippen molar-refractivity contribution in [2.24, 2.45) is 10.9 Å². The predicted molar refractivity (Wildman–Crippen MR) is 106 cm³/mol. The van der Waals surface area contributed by atoms with Gasteiger partial charge in [-0.1, -0.05) is 35.0 Å². The number of nitrogens with zero attached hydrogens (tertiary/aromatic N) is 3. The van der Waals surface area contributed by atoms with Crippen LogP contribution in [0.25, 0.3) is 5.57 Å². The number of hydrogen-bond acceptors (Lipinski definition) is 3. The molecule has 1 aromatic carbocycles. The number of allylic oxidation sites excluding steroid dienone is 1. The van der Waals surface area contributed by atoms with Crippen LogP contribution < -0.4 is 0 Å². The highest BCUT2D eigenvalue weighted by atomic mass is 79.9. The number of carbonyl (C=O) groups is 1. The molecular formula is C20H21BrN4O. The van der Waals surface area contributed by atoms with Crippen LogP contribution in [0.1, 0.15) is 29.4 Å². The zero-order valence-corrected chi connectivity index (χ0v) is 16.3. The molecule has 0 spiro atoms. The lowest BCUT2D eigenvalue weighted by molar-refractivity contribution is -0.131. The highest BCUT2D eigenvalue weighted by molar-refractivity contribution is 9.10. The van der Waals surface area contributed by atoms with Crippen LogP contribution >= 0.6 is 15.9 Å². The highest BCUT2D eigenvalue weighted by Crippen LogP contribution is 2.31. The number of hydrogen-bond donors (Lipinski definition) is 1. The van der Waals surface area contributed by atoms with Crippen LogP contribution in [-0.4, -0.2) is 40.3 Å². The average molecular weight is 413 g/mol. The molecule has 3 heterocycles. The maximum atomic E-state index is 12.8. The zero-order chi connectivity index (χ0) is 18.1. The second-order valence-corrected chi connectivity index (χ2v) is 7.85. The number of aliphatic imine (C=N–C) groups is 1. The summed E-state index contributed by atoms with van der Waals surface area (Å²) in [4.78, 5) is 19.1. The Kier molecular flexibility index (Phi) is 4.76. The smallest absolute Gasteiger partial charge is 0.227 e. The van der Waals surface area contributed by atoms with Crippen molar-refractivity contribution in [3.8, 4) is 0 Å². The number of halogens is 1. The normalized spacial score (nSPS) is 19.2. The fourth-order valence-corrected chi connectivity index (χ4v) is 4.05. The summed E-state index contributed by atoms with van der Waals surface area (Å²) < 4.78 is 1.00. The van der Waals surface area contributed by atoms with E-state index >= 15 is 0 Å². The number of amides is 1. The average Bonchev–Trinajstić information content (AvgIpc) is 3.05. The molecule has 4 rings (SSSR count). The van der Waals surface area contributed by atoms with Gasteiger partial charge < -0.3 is 4.90 Å². The van der Waals surface area contributed by atoms with E-state index in [0.717, 1.165) is 46.5 Å². The van der Waals surface area contributed by atoms with Crippen molar-refractivity contribution in [2.45, 2.75) is 26.3 Å². The Balaban J connectivity index is 1.54. The van der Waals surface area contributed by atoms with Crippen LogP contribution in [0.5, 0.6) is 0 Å². The Bertz CT molecular complexity index is 899. The molecule has 0 saturated carbocycles. The lowest BCUT2D eigenvalue weighted by Crippen LogP contribution is -2.37. The third kappa shape index (κ3) is 3.38. The minimum atomic E-state index is 0.160. The molecule has 2 aliphatic rings. The molecule has 2 aliphatic heterocycles. The van der Waals surface area contributed by atoms with Crippen LogP contribution in [0.2, 0.25) is 0 Å². The van der Waals surface area contributed by atoms with Crippen molar-refractivity contribution < 1.29 is 4.79 Å². The van der Waals surface area contributed by atoms with E-state index in [1.165, 1.54) is 5.57 Å². The van der Waals surface area contributed by atoms with E-state index in [9.17, 15) is 4.79 Å². The lowest BCUT2D eigenvalue weighted by atomic mass is 9.92. The fourth-order valence-electron chi connectivity index (χ4n) is 3.61. The summed E-state index contributed by atoms with van der Waals surface area (Å²) in [5.41, 5.74) is 5.55. The van der Waals surface area contributed by atoms with Crippen molar-refractivity contribution in [1.29, 1.82) is 0 Å². The Morgan fingerprint density at radius 1 is 1.42 bits per heavy atom. The van der Waals surface area contributed by atoms with Crippen molar-refractivity contribution in [3.05, 3.63) is 57.3 Å². The number of carbonyl (C=O) groups excluding carboxylic acids is 1. The first kappa shape index (κ1) is 17.2. The Hall–Kier alpha value is -2.21. The molecule has 1 unspecified atom stereocenters. The van der Waals surface area contributed by atoms with Crippen LogP contribution in [0, 0.1) is 5.92 Å². The van der Waals surface area contributed by atoms with Gasteiger partial charge in [-0.05, 0) is 29.3 Å². The van der Waals surface area contributed by atoms with E-state index in [1.807, 2.05) is 41.5 Å². The summed E-state index contributed by atoms with van der Waals surface area (Å²) in [5, 5.41) is 7.74. The molecule has 1 atom stereocenters.